The minimum Gasteiger partial charge on any atom is -0.444 e. The lowest BCUT2D eigenvalue weighted by Gasteiger charge is -2.44. The molecule has 0 unspecified atom stereocenters. The third-order valence-corrected chi connectivity index (χ3v) is 7.58. The van der Waals surface area contributed by atoms with Gasteiger partial charge in [0.2, 0.25) is 0 Å². The fraction of sp³-hybridized carbons (Fsp3) is 0.435. The van der Waals surface area contributed by atoms with Gasteiger partial charge in [-0.3, -0.25) is 18.3 Å². The van der Waals surface area contributed by atoms with E-state index in [9.17, 15) is 27.1 Å². The second-order valence-electron chi connectivity index (χ2n) is 9.40. The Morgan fingerprint density at radius 2 is 1.54 bits per heavy atom. The van der Waals surface area contributed by atoms with E-state index in [0.717, 1.165) is 4.31 Å². The van der Waals surface area contributed by atoms with Crippen LogP contribution in [0.5, 0.6) is 0 Å². The molecule has 2 heterocycles. The number of para-hydroxylation sites is 2. The van der Waals surface area contributed by atoms with Crippen LogP contribution in [0.4, 0.5) is 35.0 Å². The molecule has 2 N–H and O–H groups in total. The molecule has 2 aliphatic rings. The third kappa shape index (κ3) is 5.15. The third-order valence-electron chi connectivity index (χ3n) is 5.74. The van der Waals surface area contributed by atoms with Crippen molar-refractivity contribution in [3.8, 4) is 0 Å². The minimum absolute atomic E-state index is 0.146. The normalized spacial score (nSPS) is 19.0. The van der Waals surface area contributed by atoms with Gasteiger partial charge >= 0.3 is 6.09 Å². The van der Waals surface area contributed by atoms with Crippen LogP contribution >= 0.6 is 11.0 Å². The van der Waals surface area contributed by atoms with Crippen LogP contribution < -0.4 is 8.61 Å². The Morgan fingerprint density at radius 1 is 0.971 bits per heavy atom. The molecular weight excluding hydrogens is 485 g/mol. The molecule has 1 saturated heterocycles. The van der Waals surface area contributed by atoms with Crippen molar-refractivity contribution >= 4 is 34.1 Å². The molecule has 0 atom stereocenters. The monoisotopic (exact) mass is 514 g/mol. The van der Waals surface area contributed by atoms with E-state index in [1.54, 1.807) is 43.9 Å². The molecule has 1 fully saturated rings. The zero-order valence-electron chi connectivity index (χ0n) is 19.7. The summed E-state index contributed by atoms with van der Waals surface area (Å²) in [5.41, 5.74) is -0.719. The summed E-state index contributed by atoms with van der Waals surface area (Å²) in [7, 11) is -3.89. The Labute approximate surface area is 204 Å². The van der Waals surface area contributed by atoms with Crippen molar-refractivity contribution < 1.29 is 31.8 Å². The van der Waals surface area contributed by atoms with E-state index < -0.39 is 39.7 Å². The summed E-state index contributed by atoms with van der Waals surface area (Å²) < 4.78 is 72.5. The molecular formula is C23H29F3N4O4S. The number of ether oxygens (including phenoxy) is 1. The Morgan fingerprint density at radius 3 is 2.11 bits per heavy atom. The number of benzene rings is 2. The Kier molecular flexibility index (Phi) is 6.84. The molecule has 192 valence electrons. The van der Waals surface area contributed by atoms with Gasteiger partial charge in [-0.25, -0.2) is 22.3 Å². The zero-order chi connectivity index (χ0) is 25.5. The standard InChI is InChI=1S/C23H29F3N4O4S/c1-23(2,3)34-22(31)28-11-8-27(9-12-28)10-13-29-19-6-4-5-7-20(19)30(35(29,32)33)21-17(25)14-16(24)15-18(21)26/h4-7,14-15,32-33H,8-13H2,1-3H3. The Bertz CT molecular complexity index is 1080. The van der Waals surface area contributed by atoms with Crippen LogP contribution in [-0.2, 0) is 4.74 Å². The molecule has 0 aromatic heterocycles. The number of piperazine rings is 1. The SMILES string of the molecule is CC(C)(C)OC(=O)N1CCN(CCN2c3ccccc3N(c3c(F)cc(F)cc3F)S2(O)O)CC1. The van der Waals surface area contributed by atoms with Crippen LogP contribution in [0.1, 0.15) is 20.8 Å². The number of hydrogen-bond acceptors (Lipinski definition) is 7. The summed E-state index contributed by atoms with van der Waals surface area (Å²) in [6, 6.07) is 7.45. The summed E-state index contributed by atoms with van der Waals surface area (Å²) >= 11 is 0. The van der Waals surface area contributed by atoms with Crippen molar-refractivity contribution in [1.29, 1.82) is 0 Å². The highest BCUT2D eigenvalue weighted by Gasteiger charge is 2.44. The molecule has 0 bridgehead atoms. The molecule has 12 heteroatoms. The van der Waals surface area contributed by atoms with E-state index in [1.165, 1.54) is 10.4 Å². The van der Waals surface area contributed by atoms with E-state index in [-0.39, 0.29) is 18.3 Å². The maximum atomic E-state index is 14.6. The van der Waals surface area contributed by atoms with Crippen LogP contribution in [0.2, 0.25) is 0 Å². The van der Waals surface area contributed by atoms with Gasteiger partial charge in [0.1, 0.15) is 17.1 Å². The maximum Gasteiger partial charge on any atom is 0.410 e. The number of halogens is 3. The topological polar surface area (TPSA) is 79.7 Å². The van der Waals surface area contributed by atoms with Crippen molar-refractivity contribution in [1.82, 2.24) is 9.80 Å². The molecule has 8 nitrogen and oxygen atoms in total. The number of hydrogen-bond donors (Lipinski definition) is 2. The van der Waals surface area contributed by atoms with E-state index in [1.807, 2.05) is 0 Å². The van der Waals surface area contributed by atoms with Gasteiger partial charge in [-0.2, -0.15) is 0 Å². The first-order valence-electron chi connectivity index (χ1n) is 11.2. The molecule has 0 saturated carbocycles. The molecule has 0 aliphatic carbocycles. The number of amides is 1. The van der Waals surface area contributed by atoms with Gasteiger partial charge in [-0.1, -0.05) is 12.1 Å². The molecule has 2 aliphatic heterocycles. The van der Waals surface area contributed by atoms with Gasteiger partial charge < -0.3 is 9.64 Å². The second kappa shape index (κ2) is 9.41. The maximum absolute atomic E-state index is 14.6. The quantitative estimate of drug-likeness (QED) is 0.581. The fourth-order valence-electron chi connectivity index (χ4n) is 4.14. The molecule has 1 amide bonds. The summed E-state index contributed by atoms with van der Waals surface area (Å²) in [4.78, 5) is 16.0. The molecule has 4 rings (SSSR count). The number of carbonyl (C=O) groups excluding carboxylic acids is 1. The Hall–Kier alpha value is -2.67. The number of nitrogens with zero attached hydrogens (tertiary/aromatic N) is 4. The van der Waals surface area contributed by atoms with Gasteiger partial charge in [-0.05, 0) is 43.9 Å². The van der Waals surface area contributed by atoms with Crippen molar-refractivity contribution in [2.75, 3.05) is 47.9 Å². The molecule has 2 aromatic carbocycles. The average Bonchev–Trinajstić information content (AvgIpc) is 2.97. The summed E-state index contributed by atoms with van der Waals surface area (Å²) in [5.74, 6) is -3.58. The highest BCUT2D eigenvalue weighted by atomic mass is 32.3. The minimum atomic E-state index is -3.89. The van der Waals surface area contributed by atoms with Crippen LogP contribution in [0, 0.1) is 17.5 Å². The predicted molar refractivity (Wildman–Crippen MR) is 129 cm³/mol. The molecule has 0 radical (unpaired) electrons. The molecule has 35 heavy (non-hydrogen) atoms. The second-order valence-corrected chi connectivity index (χ2v) is 11.2. The molecule has 2 aromatic rings. The highest BCUT2D eigenvalue weighted by molar-refractivity contribution is 8.27. The van der Waals surface area contributed by atoms with Crippen molar-refractivity contribution in [2.45, 2.75) is 26.4 Å². The first kappa shape index (κ1) is 25.4. The van der Waals surface area contributed by atoms with Gasteiger partial charge in [0.25, 0.3) is 0 Å². The largest absolute Gasteiger partial charge is 0.444 e. The lowest BCUT2D eigenvalue weighted by Crippen LogP contribution is -2.51. The number of rotatable bonds is 4. The summed E-state index contributed by atoms with van der Waals surface area (Å²) in [5, 5.41) is 0. The highest BCUT2D eigenvalue weighted by Crippen LogP contribution is 2.64. The van der Waals surface area contributed by atoms with Gasteiger partial charge in [-0.15, -0.1) is 0 Å². The fourth-order valence-corrected chi connectivity index (χ4v) is 5.92. The first-order valence-corrected chi connectivity index (χ1v) is 12.6. The van der Waals surface area contributed by atoms with E-state index in [4.69, 9.17) is 4.74 Å². The van der Waals surface area contributed by atoms with Crippen molar-refractivity contribution in [3.05, 3.63) is 53.8 Å². The smallest absolute Gasteiger partial charge is 0.410 e. The first-order chi connectivity index (χ1) is 16.4. The average molecular weight is 515 g/mol. The van der Waals surface area contributed by atoms with E-state index >= 15 is 0 Å². The lowest BCUT2D eigenvalue weighted by molar-refractivity contribution is 0.0148. The van der Waals surface area contributed by atoms with Crippen molar-refractivity contribution in [2.24, 2.45) is 0 Å². The van der Waals surface area contributed by atoms with Crippen LogP contribution in [0.25, 0.3) is 0 Å². The zero-order valence-corrected chi connectivity index (χ0v) is 20.6. The van der Waals surface area contributed by atoms with Crippen molar-refractivity contribution in [3.63, 3.8) is 0 Å². The van der Waals surface area contributed by atoms with Gasteiger partial charge in [0.05, 0.1) is 17.9 Å². The van der Waals surface area contributed by atoms with Gasteiger partial charge in [0.15, 0.2) is 11.6 Å². The Balaban J connectivity index is 1.49. The van der Waals surface area contributed by atoms with E-state index in [0.29, 0.717) is 50.5 Å². The van der Waals surface area contributed by atoms with Crippen LogP contribution in [0.3, 0.4) is 0 Å². The van der Waals surface area contributed by atoms with Crippen LogP contribution in [-0.4, -0.2) is 69.9 Å². The van der Waals surface area contributed by atoms with Crippen LogP contribution in [0.15, 0.2) is 36.4 Å². The molecule has 0 spiro atoms. The summed E-state index contributed by atoms with van der Waals surface area (Å²) in [6.07, 6.45) is -0.376. The number of anilines is 3. The number of carbonyl (C=O) groups is 1. The summed E-state index contributed by atoms with van der Waals surface area (Å²) in [6.45, 7) is 8.00. The number of fused-ring (bicyclic) bond motifs is 1. The predicted octanol–water partition coefficient (Wildman–Crippen LogP) is 5.20. The van der Waals surface area contributed by atoms with E-state index in [2.05, 4.69) is 4.90 Å². The lowest BCUT2D eigenvalue weighted by atomic mass is 10.2. The van der Waals surface area contributed by atoms with Gasteiger partial charge in [0, 0.05) is 44.9 Å².